The molecule has 0 atom stereocenters. The molecule has 0 spiro atoms. The van der Waals surface area contributed by atoms with E-state index in [0.717, 1.165) is 24.3 Å². The van der Waals surface area contributed by atoms with Crippen molar-refractivity contribution < 1.29 is 17.6 Å². The number of hydrogen-bond donors (Lipinski definition) is 2. The van der Waals surface area contributed by atoms with Crippen LogP contribution in [0.4, 0.5) is 0 Å². The number of ether oxygens (including phenoxy) is 1. The van der Waals surface area contributed by atoms with Gasteiger partial charge in [0.25, 0.3) is 0 Å². The monoisotopic (exact) mass is 507 g/mol. The quantitative estimate of drug-likeness (QED) is 0.235. The van der Waals surface area contributed by atoms with Crippen LogP contribution in [0.1, 0.15) is 17.7 Å². The summed E-state index contributed by atoms with van der Waals surface area (Å²) in [7, 11) is -1.46. The minimum absolute atomic E-state index is 0. The van der Waals surface area contributed by atoms with Crippen molar-refractivity contribution in [1.29, 1.82) is 0 Å². The van der Waals surface area contributed by atoms with Crippen LogP contribution >= 0.6 is 24.0 Å². The van der Waals surface area contributed by atoms with Gasteiger partial charge in [-0.2, -0.15) is 0 Å². The van der Waals surface area contributed by atoms with Gasteiger partial charge in [0.2, 0.25) is 0 Å². The van der Waals surface area contributed by atoms with Crippen molar-refractivity contribution in [3.05, 3.63) is 54.0 Å². The average molecular weight is 507 g/mol. The maximum atomic E-state index is 11.5. The lowest BCUT2D eigenvalue weighted by Gasteiger charge is -2.12. The standard InChI is InChI=1S/C18H25N3O4S.HI/c1-19-18(20-10-4-11-24-14-16-5-3-12-25-16)21-13-15-6-8-17(9-7-15)26(2,22)23;/h3,5-9,12H,4,10-11,13-14H2,1-2H3,(H2,19,20,21);1H. The zero-order chi connectivity index (χ0) is 18.8. The second-order valence-electron chi connectivity index (χ2n) is 5.75. The van der Waals surface area contributed by atoms with Gasteiger partial charge in [0, 0.05) is 33.0 Å². The summed E-state index contributed by atoms with van der Waals surface area (Å²) >= 11 is 0. The van der Waals surface area contributed by atoms with E-state index in [-0.39, 0.29) is 24.0 Å². The summed E-state index contributed by atoms with van der Waals surface area (Å²) in [6.07, 6.45) is 3.67. The molecule has 0 aliphatic rings. The number of rotatable bonds is 9. The molecule has 27 heavy (non-hydrogen) atoms. The fourth-order valence-electron chi connectivity index (χ4n) is 2.21. The zero-order valence-corrected chi connectivity index (χ0v) is 18.6. The van der Waals surface area contributed by atoms with Gasteiger partial charge in [0.15, 0.2) is 15.8 Å². The van der Waals surface area contributed by atoms with Crippen LogP contribution < -0.4 is 10.6 Å². The molecule has 1 aromatic carbocycles. The van der Waals surface area contributed by atoms with E-state index in [2.05, 4.69) is 15.6 Å². The predicted molar refractivity (Wildman–Crippen MR) is 116 cm³/mol. The van der Waals surface area contributed by atoms with Crippen molar-refractivity contribution in [2.45, 2.75) is 24.5 Å². The number of halogens is 1. The second-order valence-corrected chi connectivity index (χ2v) is 7.77. The first kappa shape index (κ1) is 23.4. The van der Waals surface area contributed by atoms with Gasteiger partial charge in [0.1, 0.15) is 12.4 Å². The molecular weight excluding hydrogens is 481 g/mol. The number of furan rings is 1. The summed E-state index contributed by atoms with van der Waals surface area (Å²) in [4.78, 5) is 4.48. The lowest BCUT2D eigenvalue weighted by molar-refractivity contribution is 0.105. The lowest BCUT2D eigenvalue weighted by atomic mass is 10.2. The number of hydrogen-bond acceptors (Lipinski definition) is 5. The van der Waals surface area contributed by atoms with Gasteiger partial charge in [-0.1, -0.05) is 12.1 Å². The van der Waals surface area contributed by atoms with Gasteiger partial charge in [-0.05, 0) is 36.2 Å². The molecule has 0 saturated carbocycles. The molecule has 2 rings (SSSR count). The third-order valence-electron chi connectivity index (χ3n) is 3.62. The Balaban J connectivity index is 0.00000364. The lowest BCUT2D eigenvalue weighted by Crippen LogP contribution is -2.37. The molecule has 150 valence electrons. The Labute approximate surface area is 177 Å². The van der Waals surface area contributed by atoms with Crippen LogP contribution in [0, 0.1) is 0 Å². The van der Waals surface area contributed by atoms with Crippen LogP contribution in [0.15, 0.2) is 57.0 Å². The van der Waals surface area contributed by atoms with Gasteiger partial charge in [-0.15, -0.1) is 24.0 Å². The summed E-state index contributed by atoms with van der Waals surface area (Å²) < 4.78 is 33.6. The fourth-order valence-corrected chi connectivity index (χ4v) is 2.84. The molecule has 2 aromatic rings. The number of benzene rings is 1. The number of nitrogens with one attached hydrogen (secondary N) is 2. The number of sulfone groups is 1. The van der Waals surface area contributed by atoms with E-state index in [0.29, 0.717) is 30.6 Å². The molecule has 0 aliphatic carbocycles. The van der Waals surface area contributed by atoms with Crippen molar-refractivity contribution in [3.63, 3.8) is 0 Å². The van der Waals surface area contributed by atoms with Gasteiger partial charge in [-0.3, -0.25) is 4.99 Å². The Morgan fingerprint density at radius 1 is 1.19 bits per heavy atom. The summed E-state index contributed by atoms with van der Waals surface area (Å²) in [6, 6.07) is 10.5. The Hall–Kier alpha value is -1.59. The van der Waals surface area contributed by atoms with Crippen LogP contribution in [0.25, 0.3) is 0 Å². The van der Waals surface area contributed by atoms with Gasteiger partial charge in [-0.25, -0.2) is 8.42 Å². The minimum Gasteiger partial charge on any atom is -0.467 e. The molecule has 9 heteroatoms. The maximum Gasteiger partial charge on any atom is 0.191 e. The van der Waals surface area contributed by atoms with Crippen molar-refractivity contribution in [2.24, 2.45) is 4.99 Å². The summed E-state index contributed by atoms with van der Waals surface area (Å²) in [6.45, 7) is 2.38. The van der Waals surface area contributed by atoms with E-state index in [4.69, 9.17) is 9.15 Å². The highest BCUT2D eigenvalue weighted by Crippen LogP contribution is 2.10. The van der Waals surface area contributed by atoms with E-state index in [1.807, 2.05) is 12.1 Å². The largest absolute Gasteiger partial charge is 0.467 e. The van der Waals surface area contributed by atoms with E-state index in [1.165, 1.54) is 6.26 Å². The first-order valence-electron chi connectivity index (χ1n) is 8.32. The van der Waals surface area contributed by atoms with Gasteiger partial charge < -0.3 is 19.8 Å². The molecule has 0 unspecified atom stereocenters. The smallest absolute Gasteiger partial charge is 0.191 e. The van der Waals surface area contributed by atoms with Crippen LogP contribution in [-0.4, -0.2) is 40.8 Å². The topological polar surface area (TPSA) is 92.9 Å². The van der Waals surface area contributed by atoms with Crippen molar-refractivity contribution in [2.75, 3.05) is 26.5 Å². The Morgan fingerprint density at radius 2 is 1.93 bits per heavy atom. The molecule has 1 aromatic heterocycles. The van der Waals surface area contributed by atoms with Crippen molar-refractivity contribution >= 4 is 39.8 Å². The highest BCUT2D eigenvalue weighted by molar-refractivity contribution is 14.0. The third kappa shape index (κ3) is 8.76. The Kier molecular flexibility index (Phi) is 10.4. The van der Waals surface area contributed by atoms with Crippen LogP contribution in [-0.2, 0) is 27.7 Å². The second kappa shape index (κ2) is 12.0. The fraction of sp³-hybridized carbons (Fsp3) is 0.389. The van der Waals surface area contributed by atoms with Crippen molar-refractivity contribution in [3.8, 4) is 0 Å². The number of nitrogens with zero attached hydrogens (tertiary/aromatic N) is 1. The molecule has 1 heterocycles. The summed E-state index contributed by atoms with van der Waals surface area (Å²) in [5.74, 6) is 1.50. The van der Waals surface area contributed by atoms with Crippen LogP contribution in [0.2, 0.25) is 0 Å². The predicted octanol–water partition coefficient (Wildman–Crippen LogP) is 2.57. The summed E-state index contributed by atoms with van der Waals surface area (Å²) in [5, 5.41) is 6.40. The SMILES string of the molecule is CN=C(NCCCOCc1ccco1)NCc1ccc(S(C)(=O)=O)cc1.I. The first-order chi connectivity index (χ1) is 12.5. The molecule has 0 saturated heterocycles. The molecule has 0 aliphatic heterocycles. The average Bonchev–Trinajstić information content (AvgIpc) is 3.13. The van der Waals surface area contributed by atoms with Crippen molar-refractivity contribution in [1.82, 2.24) is 10.6 Å². The minimum atomic E-state index is -3.16. The highest BCUT2D eigenvalue weighted by atomic mass is 127. The molecular formula is C18H26IN3O4S. The molecule has 0 amide bonds. The van der Waals surface area contributed by atoms with Crippen LogP contribution in [0.3, 0.4) is 0 Å². The third-order valence-corrected chi connectivity index (χ3v) is 4.75. The van der Waals surface area contributed by atoms with Gasteiger partial charge in [0.05, 0.1) is 11.2 Å². The molecule has 2 N–H and O–H groups in total. The van der Waals surface area contributed by atoms with E-state index >= 15 is 0 Å². The van der Waals surface area contributed by atoms with Crippen LogP contribution in [0.5, 0.6) is 0 Å². The molecule has 0 fully saturated rings. The molecule has 0 bridgehead atoms. The zero-order valence-electron chi connectivity index (χ0n) is 15.5. The summed E-state index contributed by atoms with van der Waals surface area (Å²) in [5.41, 5.74) is 0.974. The first-order valence-corrected chi connectivity index (χ1v) is 10.2. The van der Waals surface area contributed by atoms with E-state index < -0.39 is 9.84 Å². The normalized spacial score (nSPS) is 11.7. The number of guanidine groups is 1. The Morgan fingerprint density at radius 3 is 2.52 bits per heavy atom. The Bertz CT molecular complexity index is 791. The molecule has 0 radical (unpaired) electrons. The molecule has 7 nitrogen and oxygen atoms in total. The van der Waals surface area contributed by atoms with E-state index in [1.54, 1.807) is 37.6 Å². The van der Waals surface area contributed by atoms with E-state index in [9.17, 15) is 8.42 Å². The van der Waals surface area contributed by atoms with Gasteiger partial charge >= 0.3 is 0 Å². The number of aliphatic imine (C=N–C) groups is 1. The highest BCUT2D eigenvalue weighted by Gasteiger charge is 2.06. The maximum absolute atomic E-state index is 11.5.